The Morgan fingerprint density at radius 2 is 1.84 bits per heavy atom. The van der Waals surface area contributed by atoms with Gasteiger partial charge in [-0.25, -0.2) is 4.79 Å². The molecule has 2 saturated heterocycles. The zero-order valence-electron chi connectivity index (χ0n) is 15.5. The molecule has 0 N–H and O–H groups in total. The second-order valence-corrected chi connectivity index (χ2v) is 8.63. The molecule has 3 rings (SSSR count). The van der Waals surface area contributed by atoms with Crippen LogP contribution in [0.2, 0.25) is 5.02 Å². The highest BCUT2D eigenvalue weighted by atomic mass is 35.5. The summed E-state index contributed by atoms with van der Waals surface area (Å²) in [5.74, 6) is 0. The number of likely N-dealkylation sites (tertiary alicyclic amines) is 2. The van der Waals surface area contributed by atoms with Gasteiger partial charge in [0.2, 0.25) is 0 Å². The molecule has 0 aliphatic carbocycles. The van der Waals surface area contributed by atoms with E-state index < -0.39 is 5.60 Å². The monoisotopic (exact) mass is 364 g/mol. The summed E-state index contributed by atoms with van der Waals surface area (Å²) < 4.78 is 5.63. The Bertz CT molecular complexity index is 597. The van der Waals surface area contributed by atoms with Crippen LogP contribution in [0.25, 0.3) is 0 Å². The van der Waals surface area contributed by atoms with E-state index in [2.05, 4.69) is 17.0 Å². The molecule has 1 aromatic rings. The van der Waals surface area contributed by atoms with Crippen LogP contribution in [-0.2, 0) is 11.3 Å². The molecule has 1 aromatic carbocycles. The molecule has 1 amide bonds. The minimum absolute atomic E-state index is 0.159. The Hall–Kier alpha value is -1.26. The minimum Gasteiger partial charge on any atom is -0.444 e. The third-order valence-corrected chi connectivity index (χ3v) is 5.35. The van der Waals surface area contributed by atoms with E-state index in [1.165, 1.54) is 12.0 Å². The van der Waals surface area contributed by atoms with Crippen molar-refractivity contribution in [2.24, 2.45) is 0 Å². The van der Waals surface area contributed by atoms with Gasteiger partial charge in [-0.15, -0.1) is 0 Å². The zero-order chi connectivity index (χ0) is 18.0. The van der Waals surface area contributed by atoms with E-state index in [0.29, 0.717) is 6.04 Å². The lowest BCUT2D eigenvalue weighted by Gasteiger charge is -2.34. The van der Waals surface area contributed by atoms with Gasteiger partial charge in [0.05, 0.1) is 6.04 Å². The molecular weight excluding hydrogens is 336 g/mol. The van der Waals surface area contributed by atoms with E-state index in [0.717, 1.165) is 43.9 Å². The standard InChI is InChI=1S/C20H29ClN2O2/c1-20(2,3)25-19(24)23-13-11-17-18(23)6-4-5-12-22(17)14-15-7-9-16(21)10-8-15/h7-10,17-18H,4-6,11-14H2,1-3H3. The van der Waals surface area contributed by atoms with Gasteiger partial charge in [-0.2, -0.15) is 0 Å². The van der Waals surface area contributed by atoms with Gasteiger partial charge in [0, 0.05) is 24.2 Å². The van der Waals surface area contributed by atoms with Crippen molar-refractivity contribution in [3.05, 3.63) is 34.9 Å². The van der Waals surface area contributed by atoms with E-state index >= 15 is 0 Å². The minimum atomic E-state index is -0.442. The van der Waals surface area contributed by atoms with Crippen LogP contribution >= 0.6 is 11.6 Å². The first-order valence-corrected chi connectivity index (χ1v) is 9.69. The summed E-state index contributed by atoms with van der Waals surface area (Å²) in [5.41, 5.74) is 0.837. The molecule has 25 heavy (non-hydrogen) atoms. The van der Waals surface area contributed by atoms with E-state index in [1.54, 1.807) is 0 Å². The van der Waals surface area contributed by atoms with Crippen LogP contribution in [0, 0.1) is 0 Å². The van der Waals surface area contributed by atoms with Crippen molar-refractivity contribution in [3.8, 4) is 0 Å². The molecular formula is C20H29ClN2O2. The number of hydrogen-bond donors (Lipinski definition) is 0. The first-order valence-electron chi connectivity index (χ1n) is 9.31. The predicted octanol–water partition coefficient (Wildman–Crippen LogP) is 4.70. The first kappa shape index (κ1) is 18.5. The maximum Gasteiger partial charge on any atom is 0.410 e. The second kappa shape index (κ2) is 7.55. The second-order valence-electron chi connectivity index (χ2n) is 8.19. The van der Waals surface area contributed by atoms with Gasteiger partial charge in [0.25, 0.3) is 0 Å². The average Bonchev–Trinajstić information content (AvgIpc) is 2.85. The first-order chi connectivity index (χ1) is 11.8. The van der Waals surface area contributed by atoms with E-state index in [-0.39, 0.29) is 12.1 Å². The van der Waals surface area contributed by atoms with Gasteiger partial charge in [-0.3, -0.25) is 4.90 Å². The number of amides is 1. The van der Waals surface area contributed by atoms with Crippen LogP contribution in [0.15, 0.2) is 24.3 Å². The molecule has 4 nitrogen and oxygen atoms in total. The van der Waals surface area contributed by atoms with Crippen molar-refractivity contribution in [2.75, 3.05) is 13.1 Å². The average molecular weight is 365 g/mol. The number of fused-ring (bicyclic) bond motifs is 1. The van der Waals surface area contributed by atoms with E-state index in [4.69, 9.17) is 16.3 Å². The van der Waals surface area contributed by atoms with Crippen molar-refractivity contribution in [1.82, 2.24) is 9.80 Å². The summed E-state index contributed by atoms with van der Waals surface area (Å²) in [5, 5.41) is 0.773. The molecule has 0 bridgehead atoms. The fourth-order valence-corrected chi connectivity index (χ4v) is 4.14. The number of benzene rings is 1. The summed E-state index contributed by atoms with van der Waals surface area (Å²) >= 11 is 6.00. The van der Waals surface area contributed by atoms with Crippen LogP contribution in [-0.4, -0.2) is 46.7 Å². The number of carbonyl (C=O) groups is 1. The molecule has 0 spiro atoms. The van der Waals surface area contributed by atoms with Crippen LogP contribution in [0.1, 0.15) is 52.0 Å². The fraction of sp³-hybridized carbons (Fsp3) is 0.650. The van der Waals surface area contributed by atoms with Gasteiger partial charge in [-0.05, 0) is 64.3 Å². The van der Waals surface area contributed by atoms with E-state index in [9.17, 15) is 4.79 Å². The van der Waals surface area contributed by atoms with Crippen molar-refractivity contribution >= 4 is 17.7 Å². The molecule has 2 aliphatic heterocycles. The van der Waals surface area contributed by atoms with Gasteiger partial charge in [0.1, 0.15) is 5.60 Å². The molecule has 2 aliphatic rings. The maximum atomic E-state index is 12.6. The Morgan fingerprint density at radius 3 is 2.52 bits per heavy atom. The molecule has 5 heteroatoms. The number of rotatable bonds is 2. The topological polar surface area (TPSA) is 32.8 Å². The molecule has 2 atom stereocenters. The van der Waals surface area contributed by atoms with Crippen LogP contribution in [0.4, 0.5) is 4.79 Å². The Balaban J connectivity index is 1.71. The molecule has 138 valence electrons. The largest absolute Gasteiger partial charge is 0.444 e. The molecule has 0 aromatic heterocycles. The highest BCUT2D eigenvalue weighted by molar-refractivity contribution is 6.30. The lowest BCUT2D eigenvalue weighted by atomic mass is 10.0. The van der Waals surface area contributed by atoms with Crippen LogP contribution in [0.3, 0.4) is 0 Å². The smallest absolute Gasteiger partial charge is 0.410 e. The SMILES string of the molecule is CC(C)(C)OC(=O)N1CCC2C1CCCCN2Cc1ccc(Cl)cc1. The van der Waals surface area contributed by atoms with Crippen molar-refractivity contribution in [2.45, 2.75) is 70.7 Å². The summed E-state index contributed by atoms with van der Waals surface area (Å²) in [4.78, 5) is 17.1. The van der Waals surface area contributed by atoms with Crippen molar-refractivity contribution in [3.63, 3.8) is 0 Å². The highest BCUT2D eigenvalue weighted by Gasteiger charge is 2.42. The van der Waals surface area contributed by atoms with Crippen molar-refractivity contribution in [1.29, 1.82) is 0 Å². The predicted molar refractivity (Wildman–Crippen MR) is 101 cm³/mol. The number of nitrogens with zero attached hydrogens (tertiary/aromatic N) is 2. The number of ether oxygens (including phenoxy) is 1. The van der Waals surface area contributed by atoms with Gasteiger partial charge < -0.3 is 9.64 Å². The highest BCUT2D eigenvalue weighted by Crippen LogP contribution is 2.32. The van der Waals surface area contributed by atoms with Crippen LogP contribution < -0.4 is 0 Å². The third-order valence-electron chi connectivity index (χ3n) is 5.10. The lowest BCUT2D eigenvalue weighted by Crippen LogP contribution is -2.46. The van der Waals surface area contributed by atoms with Gasteiger partial charge in [0.15, 0.2) is 0 Å². The molecule has 0 saturated carbocycles. The summed E-state index contributed by atoms with van der Waals surface area (Å²) in [6.07, 6.45) is 4.28. The summed E-state index contributed by atoms with van der Waals surface area (Å²) in [6, 6.07) is 8.79. The fourth-order valence-electron chi connectivity index (χ4n) is 4.01. The van der Waals surface area contributed by atoms with Crippen LogP contribution in [0.5, 0.6) is 0 Å². The number of halogens is 1. The molecule has 0 radical (unpaired) electrons. The Morgan fingerprint density at radius 1 is 1.12 bits per heavy atom. The zero-order valence-corrected chi connectivity index (χ0v) is 16.3. The number of hydrogen-bond acceptors (Lipinski definition) is 3. The van der Waals surface area contributed by atoms with Crippen molar-refractivity contribution < 1.29 is 9.53 Å². The lowest BCUT2D eigenvalue weighted by molar-refractivity contribution is 0.0186. The van der Waals surface area contributed by atoms with E-state index in [1.807, 2.05) is 37.8 Å². The Labute approximate surface area is 156 Å². The Kier molecular flexibility index (Phi) is 5.59. The molecule has 2 unspecified atom stereocenters. The van der Waals surface area contributed by atoms with Gasteiger partial charge in [-0.1, -0.05) is 30.2 Å². The number of carbonyl (C=O) groups excluding carboxylic acids is 1. The molecule has 2 fully saturated rings. The van der Waals surface area contributed by atoms with Gasteiger partial charge >= 0.3 is 6.09 Å². The quantitative estimate of drug-likeness (QED) is 0.762. The molecule has 2 heterocycles. The maximum absolute atomic E-state index is 12.6. The normalized spacial score (nSPS) is 24.7. The third kappa shape index (κ3) is 4.68. The summed E-state index contributed by atoms with van der Waals surface area (Å²) in [7, 11) is 0. The summed E-state index contributed by atoms with van der Waals surface area (Å²) in [6.45, 7) is 8.59.